The third-order valence-electron chi connectivity index (χ3n) is 4.88. The van der Waals surface area contributed by atoms with Crippen molar-refractivity contribution in [2.45, 2.75) is 39.7 Å². The van der Waals surface area contributed by atoms with E-state index in [4.69, 9.17) is 4.74 Å². The van der Waals surface area contributed by atoms with Crippen LogP contribution in [0.25, 0.3) is 11.1 Å². The summed E-state index contributed by atoms with van der Waals surface area (Å²) in [4.78, 5) is 11.2. The molecular formula is C21H25NO3. The third-order valence-corrected chi connectivity index (χ3v) is 4.88. The number of ether oxygens (including phenoxy) is 1. The maximum absolute atomic E-state index is 11.2. The Balaban J connectivity index is 1.95. The second-order valence-corrected chi connectivity index (χ2v) is 7.69. The van der Waals surface area contributed by atoms with Gasteiger partial charge in [-0.3, -0.25) is 0 Å². The SMILES string of the molecule is CC(C)c1ccc(-c2ccc3c(c2)OCC(C)(C)C3NC(=O)O)cc1. The number of rotatable bonds is 3. The van der Waals surface area contributed by atoms with Crippen molar-refractivity contribution < 1.29 is 14.6 Å². The summed E-state index contributed by atoms with van der Waals surface area (Å²) < 4.78 is 5.94. The standard InChI is InChI=1S/C21H25NO3/c1-13(2)14-5-7-15(8-6-14)16-9-10-17-18(11-16)25-12-21(3,4)19(17)22-20(23)24/h5-11,13,19,22H,12H2,1-4H3,(H,23,24). The van der Waals surface area contributed by atoms with Crippen molar-refractivity contribution in [2.24, 2.45) is 5.41 Å². The van der Waals surface area contributed by atoms with Gasteiger partial charge < -0.3 is 15.2 Å². The molecule has 4 heteroatoms. The Hall–Kier alpha value is -2.49. The van der Waals surface area contributed by atoms with E-state index in [0.29, 0.717) is 12.5 Å². The van der Waals surface area contributed by atoms with Crippen molar-refractivity contribution in [1.29, 1.82) is 0 Å². The molecule has 4 nitrogen and oxygen atoms in total. The number of hydrogen-bond acceptors (Lipinski definition) is 2. The summed E-state index contributed by atoms with van der Waals surface area (Å²) in [5.74, 6) is 1.26. The average molecular weight is 339 g/mol. The first-order valence-electron chi connectivity index (χ1n) is 8.64. The van der Waals surface area contributed by atoms with Gasteiger partial charge >= 0.3 is 6.09 Å². The Bertz CT molecular complexity index is 778. The van der Waals surface area contributed by atoms with E-state index in [0.717, 1.165) is 22.4 Å². The molecule has 0 radical (unpaired) electrons. The molecule has 0 saturated heterocycles. The smallest absolute Gasteiger partial charge is 0.405 e. The Kier molecular flexibility index (Phi) is 4.46. The predicted molar refractivity (Wildman–Crippen MR) is 99.1 cm³/mol. The molecule has 132 valence electrons. The fourth-order valence-electron chi connectivity index (χ4n) is 3.30. The largest absolute Gasteiger partial charge is 0.493 e. The number of nitrogens with one attached hydrogen (secondary N) is 1. The van der Waals surface area contributed by atoms with Gasteiger partial charge in [0.2, 0.25) is 0 Å². The molecule has 0 spiro atoms. The average Bonchev–Trinajstić information content (AvgIpc) is 2.57. The van der Waals surface area contributed by atoms with Gasteiger partial charge in [-0.25, -0.2) is 4.79 Å². The van der Waals surface area contributed by atoms with Gasteiger partial charge in [0.25, 0.3) is 0 Å². The molecule has 3 rings (SSSR count). The van der Waals surface area contributed by atoms with Gasteiger partial charge in [-0.1, -0.05) is 64.1 Å². The summed E-state index contributed by atoms with van der Waals surface area (Å²) in [5, 5.41) is 11.8. The van der Waals surface area contributed by atoms with Crippen LogP contribution in [0, 0.1) is 5.41 Å². The van der Waals surface area contributed by atoms with Gasteiger partial charge in [-0.05, 0) is 28.7 Å². The van der Waals surface area contributed by atoms with Crippen molar-refractivity contribution in [3.8, 4) is 16.9 Å². The highest BCUT2D eigenvalue weighted by Crippen LogP contribution is 2.44. The van der Waals surface area contributed by atoms with Crippen molar-refractivity contribution in [3.63, 3.8) is 0 Å². The number of carbonyl (C=O) groups is 1. The van der Waals surface area contributed by atoms with Gasteiger partial charge in [0.15, 0.2) is 0 Å². The van der Waals surface area contributed by atoms with Crippen LogP contribution >= 0.6 is 0 Å². The summed E-state index contributed by atoms with van der Waals surface area (Å²) >= 11 is 0. The Morgan fingerprint density at radius 1 is 1.16 bits per heavy atom. The fraction of sp³-hybridized carbons (Fsp3) is 0.381. The molecule has 1 heterocycles. The molecule has 0 bridgehead atoms. The zero-order valence-electron chi connectivity index (χ0n) is 15.2. The molecule has 0 fully saturated rings. The van der Waals surface area contributed by atoms with Gasteiger partial charge in [0.1, 0.15) is 5.75 Å². The Labute approximate surface area is 148 Å². The van der Waals surface area contributed by atoms with Crippen LogP contribution in [-0.4, -0.2) is 17.8 Å². The van der Waals surface area contributed by atoms with Crippen LogP contribution < -0.4 is 10.1 Å². The molecular weight excluding hydrogens is 314 g/mol. The lowest BCUT2D eigenvalue weighted by Gasteiger charge is -2.39. The molecule has 1 atom stereocenters. The first kappa shape index (κ1) is 17.3. The Morgan fingerprint density at radius 3 is 2.40 bits per heavy atom. The van der Waals surface area contributed by atoms with Crippen LogP contribution in [0.4, 0.5) is 4.79 Å². The second-order valence-electron chi connectivity index (χ2n) is 7.69. The molecule has 25 heavy (non-hydrogen) atoms. The van der Waals surface area contributed by atoms with E-state index in [2.05, 4.69) is 43.4 Å². The van der Waals surface area contributed by atoms with Crippen LogP contribution in [0.3, 0.4) is 0 Å². The lowest BCUT2D eigenvalue weighted by atomic mass is 9.78. The van der Waals surface area contributed by atoms with E-state index >= 15 is 0 Å². The highest BCUT2D eigenvalue weighted by atomic mass is 16.5. The summed E-state index contributed by atoms with van der Waals surface area (Å²) in [5.41, 5.74) is 4.10. The van der Waals surface area contributed by atoms with Gasteiger partial charge in [0.05, 0.1) is 12.6 Å². The number of fused-ring (bicyclic) bond motifs is 1. The van der Waals surface area contributed by atoms with Gasteiger partial charge in [-0.2, -0.15) is 0 Å². The third kappa shape index (κ3) is 3.48. The van der Waals surface area contributed by atoms with E-state index in [-0.39, 0.29) is 11.5 Å². The molecule has 1 unspecified atom stereocenters. The van der Waals surface area contributed by atoms with Crippen LogP contribution in [0.15, 0.2) is 42.5 Å². The number of carboxylic acid groups (broad SMARTS) is 1. The van der Waals surface area contributed by atoms with Crippen molar-refractivity contribution in [2.75, 3.05) is 6.61 Å². The quantitative estimate of drug-likeness (QED) is 0.807. The number of hydrogen-bond donors (Lipinski definition) is 2. The Morgan fingerprint density at radius 2 is 1.80 bits per heavy atom. The topological polar surface area (TPSA) is 58.6 Å². The monoisotopic (exact) mass is 339 g/mol. The van der Waals surface area contributed by atoms with E-state index in [9.17, 15) is 9.90 Å². The first-order valence-corrected chi connectivity index (χ1v) is 8.64. The minimum absolute atomic E-state index is 0.286. The predicted octanol–water partition coefficient (Wildman–Crippen LogP) is 5.20. The van der Waals surface area contributed by atoms with Gasteiger partial charge in [0, 0.05) is 11.0 Å². The molecule has 0 aliphatic carbocycles. The van der Waals surface area contributed by atoms with Crippen molar-refractivity contribution >= 4 is 6.09 Å². The zero-order chi connectivity index (χ0) is 18.2. The normalized spacial score (nSPS) is 18.4. The highest BCUT2D eigenvalue weighted by Gasteiger charge is 2.38. The van der Waals surface area contributed by atoms with E-state index < -0.39 is 6.09 Å². The van der Waals surface area contributed by atoms with E-state index in [1.54, 1.807) is 0 Å². The van der Waals surface area contributed by atoms with E-state index in [1.807, 2.05) is 32.0 Å². The highest BCUT2D eigenvalue weighted by molar-refractivity contribution is 5.69. The summed E-state index contributed by atoms with van der Waals surface area (Å²) in [6.07, 6.45) is -1.01. The number of amides is 1. The van der Waals surface area contributed by atoms with Crippen LogP contribution in [-0.2, 0) is 0 Å². The van der Waals surface area contributed by atoms with Crippen LogP contribution in [0.1, 0.15) is 50.8 Å². The first-order chi connectivity index (χ1) is 11.8. The van der Waals surface area contributed by atoms with Crippen LogP contribution in [0.2, 0.25) is 0 Å². The molecule has 1 aliphatic rings. The second kappa shape index (κ2) is 6.43. The zero-order valence-corrected chi connectivity index (χ0v) is 15.2. The molecule has 2 aromatic carbocycles. The van der Waals surface area contributed by atoms with Crippen molar-refractivity contribution in [1.82, 2.24) is 5.32 Å². The maximum Gasteiger partial charge on any atom is 0.405 e. The maximum atomic E-state index is 11.2. The van der Waals surface area contributed by atoms with Crippen molar-refractivity contribution in [3.05, 3.63) is 53.6 Å². The minimum atomic E-state index is -1.01. The summed E-state index contributed by atoms with van der Waals surface area (Å²) in [7, 11) is 0. The van der Waals surface area contributed by atoms with Gasteiger partial charge in [-0.15, -0.1) is 0 Å². The molecule has 2 N–H and O–H groups in total. The summed E-state index contributed by atoms with van der Waals surface area (Å²) in [6, 6.07) is 14.3. The molecule has 2 aromatic rings. The lowest BCUT2D eigenvalue weighted by molar-refractivity contribution is 0.0996. The van der Waals surface area contributed by atoms with E-state index in [1.165, 1.54) is 5.56 Å². The minimum Gasteiger partial charge on any atom is -0.493 e. The lowest BCUT2D eigenvalue weighted by Crippen LogP contribution is -2.43. The van der Waals surface area contributed by atoms with Crippen LogP contribution in [0.5, 0.6) is 5.75 Å². The molecule has 0 aromatic heterocycles. The molecule has 1 amide bonds. The number of benzene rings is 2. The fourth-order valence-corrected chi connectivity index (χ4v) is 3.30. The molecule has 0 saturated carbocycles. The molecule has 1 aliphatic heterocycles. The summed E-state index contributed by atoms with van der Waals surface area (Å²) in [6.45, 7) is 8.85.